The Balaban J connectivity index is 1.44. The first-order valence-electron chi connectivity index (χ1n) is 14.1. The average Bonchev–Trinajstić information content (AvgIpc) is 3.77. The van der Waals surface area contributed by atoms with Gasteiger partial charge in [0.1, 0.15) is 5.82 Å². The van der Waals surface area contributed by atoms with Crippen molar-refractivity contribution >= 4 is 43.0 Å². The van der Waals surface area contributed by atoms with Gasteiger partial charge >= 0.3 is 0 Å². The van der Waals surface area contributed by atoms with E-state index in [0.717, 1.165) is 36.8 Å². The van der Waals surface area contributed by atoms with Crippen LogP contribution in [-0.4, -0.2) is 58.9 Å². The average molecular weight is 626 g/mol. The monoisotopic (exact) mass is 625 g/mol. The molecular weight excluding hydrogens is 593 g/mol. The number of nitrogens with one attached hydrogen (secondary N) is 1. The molecule has 3 aromatic rings. The van der Waals surface area contributed by atoms with Gasteiger partial charge in [0.2, 0.25) is 5.91 Å². The van der Waals surface area contributed by atoms with Crippen LogP contribution < -0.4 is 9.62 Å². The smallest absolute Gasteiger partial charge is 0.264 e. The number of halogens is 1. The number of hydrogen-bond donors (Lipinski definition) is 1. The molecular formula is C31H32FN3O6S2. The highest BCUT2D eigenvalue weighted by Gasteiger charge is 2.60. The maximum atomic E-state index is 14.2. The summed E-state index contributed by atoms with van der Waals surface area (Å²) in [7, 11) is -7.58. The fourth-order valence-electron chi connectivity index (χ4n) is 6.65. The molecule has 0 aromatic heterocycles. The van der Waals surface area contributed by atoms with Gasteiger partial charge in [-0.15, -0.1) is 0 Å². The maximum absolute atomic E-state index is 14.2. The fourth-order valence-corrected chi connectivity index (χ4v) is 9.11. The molecule has 0 bridgehead atoms. The lowest BCUT2D eigenvalue weighted by Gasteiger charge is -2.45. The molecule has 226 valence electrons. The molecule has 1 unspecified atom stereocenters. The van der Waals surface area contributed by atoms with Gasteiger partial charge in [-0.3, -0.25) is 13.9 Å². The summed E-state index contributed by atoms with van der Waals surface area (Å²) < 4.78 is 67.7. The van der Waals surface area contributed by atoms with Crippen LogP contribution >= 0.6 is 0 Å². The van der Waals surface area contributed by atoms with Crippen molar-refractivity contribution < 1.29 is 30.8 Å². The van der Waals surface area contributed by atoms with Crippen LogP contribution in [0, 0.1) is 11.7 Å². The zero-order valence-electron chi connectivity index (χ0n) is 23.8. The molecule has 6 rings (SSSR count). The van der Waals surface area contributed by atoms with Crippen molar-refractivity contribution in [3.63, 3.8) is 0 Å². The number of rotatable bonds is 6. The zero-order chi connectivity index (χ0) is 30.7. The second kappa shape index (κ2) is 10.4. The summed E-state index contributed by atoms with van der Waals surface area (Å²) in [6.07, 6.45) is 3.86. The minimum absolute atomic E-state index is 0.0173. The van der Waals surface area contributed by atoms with Crippen LogP contribution in [0.3, 0.4) is 0 Å². The molecule has 9 nitrogen and oxygen atoms in total. The van der Waals surface area contributed by atoms with Crippen molar-refractivity contribution in [2.45, 2.75) is 53.9 Å². The lowest BCUT2D eigenvalue weighted by molar-refractivity contribution is -0.130. The molecule has 2 aliphatic heterocycles. The maximum Gasteiger partial charge on any atom is 0.264 e. The molecule has 2 fully saturated rings. The van der Waals surface area contributed by atoms with Crippen LogP contribution in [0.15, 0.2) is 76.5 Å². The Kier molecular flexibility index (Phi) is 7.12. The number of hydrogen-bond acceptors (Lipinski definition) is 6. The number of piperidine rings is 1. The highest BCUT2D eigenvalue weighted by Crippen LogP contribution is 2.59. The lowest BCUT2D eigenvalue weighted by atomic mass is 9.68. The first-order chi connectivity index (χ1) is 20.3. The molecule has 1 aliphatic carbocycles. The van der Waals surface area contributed by atoms with Crippen LogP contribution in [-0.2, 0) is 30.1 Å². The second-order valence-corrected chi connectivity index (χ2v) is 15.5. The minimum Gasteiger partial charge on any atom is -0.343 e. The largest absolute Gasteiger partial charge is 0.343 e. The topological polar surface area (TPSA) is 121 Å². The molecule has 3 aliphatic rings. The van der Waals surface area contributed by atoms with E-state index >= 15 is 0 Å². The predicted molar refractivity (Wildman–Crippen MR) is 160 cm³/mol. The van der Waals surface area contributed by atoms with Gasteiger partial charge in [0, 0.05) is 42.9 Å². The summed E-state index contributed by atoms with van der Waals surface area (Å²) in [4.78, 5) is 27.5. The fraction of sp³-hybridized carbons (Fsp3) is 0.355. The molecule has 0 radical (unpaired) electrons. The third-order valence-corrected chi connectivity index (χ3v) is 11.8. The molecule has 12 heteroatoms. The first-order valence-corrected chi connectivity index (χ1v) is 17.5. The third-order valence-electron chi connectivity index (χ3n) is 8.91. The summed E-state index contributed by atoms with van der Waals surface area (Å²) in [5.74, 6) is -0.948. The third kappa shape index (κ3) is 5.20. The number of carbonyl (C=O) groups is 2. The van der Waals surface area contributed by atoms with E-state index in [2.05, 4.69) is 5.32 Å². The second-order valence-electron chi connectivity index (χ2n) is 11.7. The summed E-state index contributed by atoms with van der Waals surface area (Å²) in [6, 6.07) is 15.3. The van der Waals surface area contributed by atoms with Gasteiger partial charge in [-0.1, -0.05) is 6.07 Å². The van der Waals surface area contributed by atoms with Crippen LogP contribution in [0.25, 0.3) is 0 Å². The molecule has 2 heterocycles. The molecule has 1 N–H and O–H groups in total. The number of likely N-dealkylation sites (tertiary alicyclic amines) is 1. The van der Waals surface area contributed by atoms with Crippen molar-refractivity contribution in [1.29, 1.82) is 0 Å². The number of benzene rings is 3. The molecule has 43 heavy (non-hydrogen) atoms. The van der Waals surface area contributed by atoms with E-state index < -0.39 is 43.0 Å². The van der Waals surface area contributed by atoms with E-state index in [0.29, 0.717) is 42.9 Å². The summed E-state index contributed by atoms with van der Waals surface area (Å²) in [5.41, 5.74) is 1.19. The highest BCUT2D eigenvalue weighted by molar-refractivity contribution is 7.93. The molecule has 1 spiro atoms. The Bertz CT molecular complexity index is 1830. The van der Waals surface area contributed by atoms with Crippen LogP contribution in [0.5, 0.6) is 0 Å². The Morgan fingerprint density at radius 1 is 0.907 bits per heavy atom. The van der Waals surface area contributed by atoms with Crippen molar-refractivity contribution in [3.05, 3.63) is 83.7 Å². The van der Waals surface area contributed by atoms with Crippen molar-refractivity contribution in [2.75, 3.05) is 29.0 Å². The van der Waals surface area contributed by atoms with Crippen molar-refractivity contribution in [1.82, 2.24) is 4.90 Å². The summed E-state index contributed by atoms with van der Waals surface area (Å²) in [6.45, 7) is 2.43. The van der Waals surface area contributed by atoms with Gasteiger partial charge in [0.25, 0.3) is 15.9 Å². The number of nitrogens with zero attached hydrogens (tertiary/aromatic N) is 2. The van der Waals surface area contributed by atoms with E-state index in [9.17, 15) is 30.8 Å². The van der Waals surface area contributed by atoms with Gasteiger partial charge in [-0.25, -0.2) is 21.2 Å². The Morgan fingerprint density at radius 2 is 1.58 bits per heavy atom. The number of sulfonamides is 1. The van der Waals surface area contributed by atoms with Gasteiger partial charge in [-0.05, 0) is 97.8 Å². The Morgan fingerprint density at radius 3 is 2.19 bits per heavy atom. The van der Waals surface area contributed by atoms with Crippen LogP contribution in [0.1, 0.15) is 48.5 Å². The zero-order valence-corrected chi connectivity index (χ0v) is 25.4. The van der Waals surface area contributed by atoms with E-state index in [-0.39, 0.29) is 21.6 Å². The number of amides is 2. The van der Waals surface area contributed by atoms with Crippen LogP contribution in [0.4, 0.5) is 15.8 Å². The Labute approximate surface area is 250 Å². The molecule has 1 saturated heterocycles. The molecule has 1 saturated carbocycles. The van der Waals surface area contributed by atoms with Gasteiger partial charge in [0.05, 0.1) is 21.5 Å². The number of sulfone groups is 1. The molecule has 3 aromatic carbocycles. The van der Waals surface area contributed by atoms with Crippen molar-refractivity contribution in [2.24, 2.45) is 5.92 Å². The SMILES string of the molecule is CC(=O)N1CCC2(CC1)c1cc(C(=O)Nc3cccc(S(C)(=O)=O)c3)ccc1N(S(=O)(=O)c1ccc(F)cc1)C2C1CC1. The minimum atomic E-state index is -4.10. The number of anilines is 2. The van der Waals surface area contributed by atoms with Crippen molar-refractivity contribution in [3.8, 4) is 0 Å². The van der Waals surface area contributed by atoms with E-state index in [1.807, 2.05) is 0 Å². The predicted octanol–water partition coefficient (Wildman–Crippen LogP) is 4.35. The first kappa shape index (κ1) is 29.3. The summed E-state index contributed by atoms with van der Waals surface area (Å²) in [5, 5.41) is 2.77. The summed E-state index contributed by atoms with van der Waals surface area (Å²) >= 11 is 0. The molecule has 2 amide bonds. The Hall–Kier alpha value is -3.77. The number of carbonyl (C=O) groups excluding carboxylic acids is 2. The standard InChI is InChI=1S/C31H32FN3O6S2/c1-20(36)34-16-14-31(15-17-34)27-18-22(30(37)33-24-4-3-5-26(19-24)42(2,38)39)8-13-28(27)35(29(31)21-6-7-21)43(40,41)25-11-9-23(32)10-12-25/h3-5,8-13,18-19,21,29H,6-7,14-17H2,1-2H3,(H,33,37). The van der Waals surface area contributed by atoms with Gasteiger partial charge in [0.15, 0.2) is 9.84 Å². The lowest BCUT2D eigenvalue weighted by Crippen LogP contribution is -2.54. The number of fused-ring (bicyclic) bond motifs is 2. The van der Waals surface area contributed by atoms with Gasteiger partial charge in [-0.2, -0.15) is 0 Å². The van der Waals surface area contributed by atoms with Gasteiger partial charge < -0.3 is 10.2 Å². The normalized spacial score (nSPS) is 19.7. The van der Waals surface area contributed by atoms with E-state index in [1.54, 1.807) is 35.2 Å². The van der Waals surface area contributed by atoms with E-state index in [4.69, 9.17) is 0 Å². The highest BCUT2D eigenvalue weighted by atomic mass is 32.2. The molecule has 1 atom stereocenters. The van der Waals surface area contributed by atoms with E-state index in [1.165, 1.54) is 35.5 Å². The van der Waals surface area contributed by atoms with Crippen LogP contribution in [0.2, 0.25) is 0 Å². The quantitative estimate of drug-likeness (QED) is 0.435.